The highest BCUT2D eigenvalue weighted by molar-refractivity contribution is 6.02. The molecule has 0 aliphatic rings. The first-order valence-electron chi connectivity index (χ1n) is 8.45. The molecule has 1 heterocycles. The van der Waals surface area contributed by atoms with Gasteiger partial charge in [0.2, 0.25) is 0 Å². The van der Waals surface area contributed by atoms with E-state index >= 15 is 0 Å². The highest BCUT2D eigenvalue weighted by Gasteiger charge is 2.20. The largest absolute Gasteiger partial charge is 0.479 e. The molecule has 2 aromatic rings. The number of hydrogen-bond donors (Lipinski definition) is 2. The van der Waals surface area contributed by atoms with Crippen LogP contribution in [0.3, 0.4) is 0 Å². The Kier molecular flexibility index (Phi) is 7.84. The number of hydrogen-bond acceptors (Lipinski definition) is 4. The zero-order valence-corrected chi connectivity index (χ0v) is 15.1. The Morgan fingerprint density at radius 3 is 2.75 bits per heavy atom. The fourth-order valence-corrected chi connectivity index (χ4v) is 2.44. The van der Waals surface area contributed by atoms with Crippen LogP contribution in [0.15, 0.2) is 30.5 Å². The first-order valence-corrected chi connectivity index (χ1v) is 8.45. The van der Waals surface area contributed by atoms with Gasteiger partial charge in [0.15, 0.2) is 11.6 Å². The second kappa shape index (κ2) is 10.3. The molecular formula is C20H19F3N2O3. The number of aliphatic hydroxyl groups is 1. The maximum atomic E-state index is 14.0. The molecule has 1 aromatic carbocycles. The summed E-state index contributed by atoms with van der Waals surface area (Å²) >= 11 is 0. The molecule has 1 unspecified atom stereocenters. The number of ether oxygens (including phenoxy) is 1. The Morgan fingerprint density at radius 2 is 2.14 bits per heavy atom. The van der Waals surface area contributed by atoms with Crippen molar-refractivity contribution >= 4 is 11.6 Å². The average Bonchev–Trinajstić information content (AvgIpc) is 2.69. The fourth-order valence-electron chi connectivity index (χ4n) is 2.44. The number of aromatic nitrogens is 1. The van der Waals surface area contributed by atoms with Crippen molar-refractivity contribution in [3.05, 3.63) is 53.4 Å². The lowest BCUT2D eigenvalue weighted by molar-refractivity contribution is 0.102. The maximum absolute atomic E-state index is 14.0. The molecule has 1 atom stereocenters. The molecule has 8 heteroatoms. The lowest BCUT2D eigenvalue weighted by Crippen LogP contribution is -2.15. The van der Waals surface area contributed by atoms with Crippen LogP contribution in [0.1, 0.15) is 35.3 Å². The monoisotopic (exact) mass is 392 g/mol. The van der Waals surface area contributed by atoms with Crippen molar-refractivity contribution in [1.82, 2.24) is 4.98 Å². The normalized spacial score (nSPS) is 11.3. The Balaban J connectivity index is 2.16. The summed E-state index contributed by atoms with van der Waals surface area (Å²) in [5.41, 5.74) is -0.270. The summed E-state index contributed by atoms with van der Waals surface area (Å²) in [6.07, 6.45) is 1.26. The smallest absolute Gasteiger partial charge is 0.274 e. The van der Waals surface area contributed by atoms with Crippen LogP contribution in [0.2, 0.25) is 0 Å². The lowest BCUT2D eigenvalue weighted by atomic mass is 9.96. The topological polar surface area (TPSA) is 71.5 Å². The summed E-state index contributed by atoms with van der Waals surface area (Å²) in [6.45, 7) is 0.511. The van der Waals surface area contributed by atoms with Crippen molar-refractivity contribution in [3.63, 3.8) is 0 Å². The summed E-state index contributed by atoms with van der Waals surface area (Å²) in [4.78, 5) is 16.2. The lowest BCUT2D eigenvalue weighted by Gasteiger charge is -2.15. The molecule has 0 radical (unpaired) electrons. The second-order valence-electron chi connectivity index (χ2n) is 5.77. The third kappa shape index (κ3) is 5.47. The van der Waals surface area contributed by atoms with E-state index in [1.807, 2.05) is 0 Å². The van der Waals surface area contributed by atoms with Gasteiger partial charge in [-0.25, -0.2) is 13.8 Å². The van der Waals surface area contributed by atoms with Crippen LogP contribution in [0.4, 0.5) is 18.9 Å². The quantitative estimate of drug-likeness (QED) is 0.675. The molecule has 1 aromatic heterocycles. The number of alkyl halides is 1. The molecule has 2 N–H and O–H groups in total. The summed E-state index contributed by atoms with van der Waals surface area (Å²) in [6, 6.07) is 4.88. The molecule has 2 rings (SSSR count). The van der Waals surface area contributed by atoms with Crippen LogP contribution < -0.4 is 10.1 Å². The Bertz CT molecular complexity index is 877. The van der Waals surface area contributed by atoms with E-state index in [4.69, 9.17) is 9.84 Å². The fraction of sp³-hybridized carbons (Fsp3) is 0.300. The molecule has 148 valence electrons. The molecule has 0 fully saturated rings. The molecular weight excluding hydrogens is 373 g/mol. The van der Waals surface area contributed by atoms with Crippen LogP contribution >= 0.6 is 0 Å². The van der Waals surface area contributed by atoms with Gasteiger partial charge in [-0.1, -0.05) is 5.92 Å². The predicted molar refractivity (Wildman–Crippen MR) is 97.9 cm³/mol. The van der Waals surface area contributed by atoms with E-state index in [0.717, 1.165) is 12.1 Å². The van der Waals surface area contributed by atoms with Gasteiger partial charge in [-0.15, -0.1) is 5.92 Å². The van der Waals surface area contributed by atoms with Crippen LogP contribution in [-0.2, 0) is 0 Å². The van der Waals surface area contributed by atoms with Crippen LogP contribution in [-0.4, -0.2) is 35.9 Å². The predicted octanol–water partition coefficient (Wildman–Crippen LogP) is 3.45. The number of anilines is 1. The molecule has 0 saturated carbocycles. The van der Waals surface area contributed by atoms with Crippen LogP contribution in [0.25, 0.3) is 0 Å². The number of rotatable bonds is 8. The minimum absolute atomic E-state index is 0.0256. The number of nitrogens with zero attached hydrogens (tertiary/aromatic N) is 1. The van der Waals surface area contributed by atoms with Crippen LogP contribution in [0, 0.1) is 23.5 Å². The number of carbonyl (C=O) groups is 1. The summed E-state index contributed by atoms with van der Waals surface area (Å²) < 4.78 is 46.3. The molecule has 0 saturated heterocycles. The van der Waals surface area contributed by atoms with Gasteiger partial charge in [0.05, 0.1) is 12.9 Å². The van der Waals surface area contributed by atoms with E-state index < -0.39 is 30.1 Å². The molecule has 0 aliphatic carbocycles. The highest BCUT2D eigenvalue weighted by atomic mass is 19.2. The number of amides is 1. The zero-order valence-electron chi connectivity index (χ0n) is 15.1. The van der Waals surface area contributed by atoms with Gasteiger partial charge in [0.25, 0.3) is 5.91 Å². The summed E-state index contributed by atoms with van der Waals surface area (Å²) in [5.74, 6) is 1.71. The number of carbonyl (C=O) groups excluding carboxylic acids is 1. The highest BCUT2D eigenvalue weighted by Crippen LogP contribution is 2.28. The summed E-state index contributed by atoms with van der Waals surface area (Å²) in [5, 5.41) is 11.4. The molecule has 28 heavy (non-hydrogen) atoms. The number of nitrogens with one attached hydrogen (secondary N) is 1. The first-order chi connectivity index (χ1) is 13.5. The van der Waals surface area contributed by atoms with Gasteiger partial charge in [-0.2, -0.15) is 0 Å². The van der Waals surface area contributed by atoms with Gasteiger partial charge in [-0.05, 0) is 37.1 Å². The van der Waals surface area contributed by atoms with Crippen molar-refractivity contribution in [2.45, 2.75) is 19.3 Å². The van der Waals surface area contributed by atoms with Gasteiger partial charge in [-0.3, -0.25) is 9.18 Å². The second-order valence-corrected chi connectivity index (χ2v) is 5.77. The minimum Gasteiger partial charge on any atom is -0.479 e. The Hall–Kier alpha value is -3.05. The van der Waals surface area contributed by atoms with E-state index in [1.54, 1.807) is 6.92 Å². The Morgan fingerprint density at radius 1 is 1.36 bits per heavy atom. The van der Waals surface area contributed by atoms with Gasteiger partial charge in [0.1, 0.15) is 18.1 Å². The van der Waals surface area contributed by atoms with E-state index in [-0.39, 0.29) is 36.6 Å². The number of pyridine rings is 1. The van der Waals surface area contributed by atoms with Crippen molar-refractivity contribution in [1.29, 1.82) is 0 Å². The number of benzene rings is 1. The third-order valence-corrected chi connectivity index (χ3v) is 3.87. The van der Waals surface area contributed by atoms with E-state index in [0.29, 0.717) is 5.75 Å². The number of halogens is 3. The maximum Gasteiger partial charge on any atom is 0.274 e. The summed E-state index contributed by atoms with van der Waals surface area (Å²) in [7, 11) is 0. The van der Waals surface area contributed by atoms with Crippen molar-refractivity contribution in [2.24, 2.45) is 0 Å². The molecule has 0 aliphatic heterocycles. The van der Waals surface area contributed by atoms with Crippen LogP contribution in [0.5, 0.6) is 5.75 Å². The van der Waals surface area contributed by atoms with E-state index in [9.17, 15) is 18.0 Å². The van der Waals surface area contributed by atoms with Gasteiger partial charge in [0, 0.05) is 24.3 Å². The van der Waals surface area contributed by atoms with Crippen molar-refractivity contribution in [3.8, 4) is 17.6 Å². The standard InChI is InChI=1S/C20H19F3N2O3/c1-2-3-8-28-15-4-5-18(24-12-15)20(27)25-14-9-16(13(11-21)6-7-26)19(23)17(22)10-14/h4-5,9-10,12-13,26H,6-8,11H2,1H3,(H,25,27). The molecule has 5 nitrogen and oxygen atoms in total. The average molecular weight is 392 g/mol. The SMILES string of the molecule is CC#CCOc1ccc(C(=O)Nc2cc(F)c(F)c(C(CF)CCO)c2)nc1. The molecule has 0 spiro atoms. The zero-order chi connectivity index (χ0) is 20.5. The van der Waals surface area contributed by atoms with Gasteiger partial charge >= 0.3 is 0 Å². The third-order valence-electron chi connectivity index (χ3n) is 3.87. The first kappa shape index (κ1) is 21.3. The van der Waals surface area contributed by atoms with Gasteiger partial charge < -0.3 is 15.2 Å². The van der Waals surface area contributed by atoms with E-state index in [1.165, 1.54) is 18.3 Å². The van der Waals surface area contributed by atoms with E-state index in [2.05, 4.69) is 22.1 Å². The Labute approximate surface area is 160 Å². The molecule has 1 amide bonds. The minimum atomic E-state index is -1.22. The van der Waals surface area contributed by atoms with Crippen molar-refractivity contribution < 1.29 is 27.8 Å². The number of aliphatic hydroxyl groups excluding tert-OH is 1. The molecule has 0 bridgehead atoms. The van der Waals surface area contributed by atoms with Crippen molar-refractivity contribution in [2.75, 3.05) is 25.2 Å².